The molecule has 0 radical (unpaired) electrons. The van der Waals surface area contributed by atoms with E-state index in [1.807, 2.05) is 12.3 Å². The van der Waals surface area contributed by atoms with E-state index < -0.39 is 0 Å². The predicted molar refractivity (Wildman–Crippen MR) is 72.0 cm³/mol. The first-order valence-electron chi connectivity index (χ1n) is 6.77. The zero-order valence-electron chi connectivity index (χ0n) is 11.3. The summed E-state index contributed by atoms with van der Waals surface area (Å²) >= 11 is 0. The lowest BCUT2D eigenvalue weighted by atomic mass is 9.89. The van der Waals surface area contributed by atoms with Gasteiger partial charge in [0.15, 0.2) is 0 Å². The summed E-state index contributed by atoms with van der Waals surface area (Å²) in [7, 11) is 0. The highest BCUT2D eigenvalue weighted by Gasteiger charge is 2.19. The van der Waals surface area contributed by atoms with Crippen molar-refractivity contribution in [1.29, 1.82) is 0 Å². The van der Waals surface area contributed by atoms with Gasteiger partial charge in [0.05, 0.1) is 6.10 Å². The highest BCUT2D eigenvalue weighted by molar-refractivity contribution is 5.18. The molecule has 2 heteroatoms. The van der Waals surface area contributed by atoms with E-state index in [0.29, 0.717) is 12.3 Å². The lowest BCUT2D eigenvalue weighted by Crippen LogP contribution is -2.23. The molecule has 2 nitrogen and oxygen atoms in total. The Labute approximate surface area is 105 Å². The first-order valence-corrected chi connectivity index (χ1v) is 6.77. The third kappa shape index (κ3) is 4.47. The summed E-state index contributed by atoms with van der Waals surface area (Å²) in [5, 5.41) is 10.3. The fourth-order valence-electron chi connectivity index (χ4n) is 2.37. The molecule has 1 aromatic heterocycles. The lowest BCUT2D eigenvalue weighted by molar-refractivity contribution is 0.0953. The molecule has 0 bridgehead atoms. The van der Waals surface area contributed by atoms with E-state index in [4.69, 9.17) is 0 Å². The van der Waals surface area contributed by atoms with Crippen LogP contribution in [-0.2, 0) is 6.42 Å². The smallest absolute Gasteiger partial charge is 0.0623 e. The second kappa shape index (κ2) is 7.44. The molecular formula is C15H25NO. The number of nitrogens with zero attached hydrogens (tertiary/aromatic N) is 1. The van der Waals surface area contributed by atoms with Crippen LogP contribution in [0.4, 0.5) is 0 Å². The zero-order chi connectivity index (χ0) is 12.7. The number of hydrogen-bond acceptors (Lipinski definition) is 2. The van der Waals surface area contributed by atoms with Crippen molar-refractivity contribution in [3.63, 3.8) is 0 Å². The molecule has 0 aliphatic rings. The Balaban J connectivity index is 2.62. The molecular weight excluding hydrogens is 210 g/mol. The second-order valence-corrected chi connectivity index (χ2v) is 4.88. The quantitative estimate of drug-likeness (QED) is 0.784. The molecule has 17 heavy (non-hydrogen) atoms. The maximum Gasteiger partial charge on any atom is 0.0623 e. The third-order valence-corrected chi connectivity index (χ3v) is 3.38. The lowest BCUT2D eigenvalue weighted by Gasteiger charge is -2.22. The number of aliphatic hydroxyl groups excluding tert-OH is 1. The Bertz CT molecular complexity index is 318. The van der Waals surface area contributed by atoms with Crippen molar-refractivity contribution in [1.82, 2.24) is 4.98 Å². The van der Waals surface area contributed by atoms with E-state index in [1.54, 1.807) is 0 Å². The normalized spacial score (nSPS) is 13.0. The van der Waals surface area contributed by atoms with Crippen LogP contribution in [0.5, 0.6) is 0 Å². The Hall–Kier alpha value is -0.890. The molecule has 0 spiro atoms. The molecule has 1 unspecified atom stereocenters. The molecule has 1 heterocycles. The molecule has 1 N–H and O–H groups in total. The zero-order valence-corrected chi connectivity index (χ0v) is 11.3. The van der Waals surface area contributed by atoms with Gasteiger partial charge in [-0.15, -0.1) is 0 Å². The maximum atomic E-state index is 10.3. The first-order chi connectivity index (χ1) is 8.19. The fourth-order valence-corrected chi connectivity index (χ4v) is 2.37. The Kier molecular flexibility index (Phi) is 6.20. The maximum absolute atomic E-state index is 10.3. The molecule has 0 saturated carbocycles. The number of pyridine rings is 1. The Morgan fingerprint density at radius 2 is 1.88 bits per heavy atom. The van der Waals surface area contributed by atoms with Gasteiger partial charge in [-0.3, -0.25) is 4.98 Å². The minimum atomic E-state index is -0.247. The van der Waals surface area contributed by atoms with E-state index in [9.17, 15) is 5.11 Å². The number of aromatic nitrogens is 1. The van der Waals surface area contributed by atoms with Gasteiger partial charge in [0.1, 0.15) is 0 Å². The average molecular weight is 235 g/mol. The summed E-state index contributed by atoms with van der Waals surface area (Å²) in [5.41, 5.74) is 2.22. The van der Waals surface area contributed by atoms with Gasteiger partial charge >= 0.3 is 0 Å². The van der Waals surface area contributed by atoms with Gasteiger partial charge in [0, 0.05) is 18.3 Å². The summed E-state index contributed by atoms with van der Waals surface area (Å²) in [6.07, 6.45) is 6.76. The van der Waals surface area contributed by atoms with Crippen LogP contribution in [0.3, 0.4) is 0 Å². The number of aryl methyl sites for hydroxylation is 1. The van der Waals surface area contributed by atoms with Crippen LogP contribution in [0.15, 0.2) is 18.3 Å². The summed E-state index contributed by atoms with van der Waals surface area (Å²) in [4.78, 5) is 4.36. The fraction of sp³-hybridized carbons (Fsp3) is 0.667. The SMILES string of the molecule is CCCC(CCC)C(O)Cc1ncccc1C. The summed E-state index contributed by atoms with van der Waals surface area (Å²) < 4.78 is 0. The van der Waals surface area contributed by atoms with Crippen molar-refractivity contribution in [2.24, 2.45) is 5.92 Å². The van der Waals surface area contributed by atoms with Gasteiger partial charge in [-0.1, -0.05) is 32.8 Å². The van der Waals surface area contributed by atoms with Crippen LogP contribution < -0.4 is 0 Å². The van der Waals surface area contributed by atoms with Crippen LogP contribution in [0.25, 0.3) is 0 Å². The molecule has 0 saturated heterocycles. The van der Waals surface area contributed by atoms with Crippen molar-refractivity contribution < 1.29 is 5.11 Å². The minimum absolute atomic E-state index is 0.247. The molecule has 96 valence electrons. The molecule has 0 amide bonds. The van der Waals surface area contributed by atoms with Gasteiger partial charge in [0.25, 0.3) is 0 Å². The number of aliphatic hydroxyl groups is 1. The van der Waals surface area contributed by atoms with Gasteiger partial charge in [0.2, 0.25) is 0 Å². The van der Waals surface area contributed by atoms with E-state index in [0.717, 1.165) is 31.4 Å². The predicted octanol–water partition coefficient (Wildman–Crippen LogP) is 3.51. The van der Waals surface area contributed by atoms with Gasteiger partial charge < -0.3 is 5.11 Å². The van der Waals surface area contributed by atoms with Crippen LogP contribution in [0.1, 0.15) is 50.8 Å². The molecule has 0 aliphatic carbocycles. The van der Waals surface area contributed by atoms with Gasteiger partial charge in [-0.2, -0.15) is 0 Å². The third-order valence-electron chi connectivity index (χ3n) is 3.38. The first kappa shape index (κ1) is 14.2. The standard InChI is InChI=1S/C15H25NO/c1-4-7-13(8-5-2)15(17)11-14-12(3)9-6-10-16-14/h6,9-10,13,15,17H,4-5,7-8,11H2,1-3H3. The van der Waals surface area contributed by atoms with Crippen LogP contribution >= 0.6 is 0 Å². The highest BCUT2D eigenvalue weighted by atomic mass is 16.3. The summed E-state index contributed by atoms with van der Waals surface area (Å²) in [6, 6.07) is 4.00. The van der Waals surface area contributed by atoms with E-state index >= 15 is 0 Å². The molecule has 0 aliphatic heterocycles. The van der Waals surface area contributed by atoms with Gasteiger partial charge in [-0.05, 0) is 37.3 Å². The topological polar surface area (TPSA) is 33.1 Å². The molecule has 1 rings (SSSR count). The highest BCUT2D eigenvalue weighted by Crippen LogP contribution is 2.21. The Morgan fingerprint density at radius 3 is 2.41 bits per heavy atom. The van der Waals surface area contributed by atoms with Crippen molar-refractivity contribution in [2.45, 2.75) is 59.0 Å². The Morgan fingerprint density at radius 1 is 1.24 bits per heavy atom. The molecule has 1 atom stereocenters. The molecule has 0 fully saturated rings. The van der Waals surface area contributed by atoms with Crippen LogP contribution in [0, 0.1) is 12.8 Å². The second-order valence-electron chi connectivity index (χ2n) is 4.88. The summed E-state index contributed by atoms with van der Waals surface area (Å²) in [5.74, 6) is 0.423. The van der Waals surface area contributed by atoms with Crippen LogP contribution in [-0.4, -0.2) is 16.2 Å². The minimum Gasteiger partial charge on any atom is -0.392 e. The van der Waals surface area contributed by atoms with Crippen LogP contribution in [0.2, 0.25) is 0 Å². The molecule has 1 aromatic rings. The van der Waals surface area contributed by atoms with Crippen molar-refractivity contribution in [3.05, 3.63) is 29.6 Å². The van der Waals surface area contributed by atoms with Crippen molar-refractivity contribution >= 4 is 0 Å². The van der Waals surface area contributed by atoms with E-state index in [2.05, 4.69) is 31.8 Å². The largest absolute Gasteiger partial charge is 0.392 e. The average Bonchev–Trinajstić information content (AvgIpc) is 2.32. The van der Waals surface area contributed by atoms with Crippen molar-refractivity contribution in [3.8, 4) is 0 Å². The number of rotatable bonds is 7. The van der Waals surface area contributed by atoms with Gasteiger partial charge in [-0.25, -0.2) is 0 Å². The van der Waals surface area contributed by atoms with Crippen molar-refractivity contribution in [2.75, 3.05) is 0 Å². The van der Waals surface area contributed by atoms with E-state index in [1.165, 1.54) is 5.56 Å². The molecule has 0 aromatic carbocycles. The van der Waals surface area contributed by atoms with E-state index in [-0.39, 0.29) is 6.10 Å². The number of hydrogen-bond donors (Lipinski definition) is 1. The summed E-state index contributed by atoms with van der Waals surface area (Å²) in [6.45, 7) is 6.42. The monoisotopic (exact) mass is 235 g/mol.